The maximum Gasteiger partial charge on any atom is 0.410 e. The molecular formula is C34H58N2O8. The largest absolute Gasteiger partial charge is 0.457 e. The van der Waals surface area contributed by atoms with E-state index in [4.69, 9.17) is 18.9 Å². The van der Waals surface area contributed by atoms with Gasteiger partial charge in [-0.3, -0.25) is 4.79 Å². The molecule has 44 heavy (non-hydrogen) atoms. The number of nitrogens with one attached hydrogen (secondary N) is 1. The fourth-order valence-corrected chi connectivity index (χ4v) is 5.56. The van der Waals surface area contributed by atoms with E-state index in [0.717, 1.165) is 18.4 Å². The van der Waals surface area contributed by atoms with Gasteiger partial charge in [-0.15, -0.1) is 0 Å². The van der Waals surface area contributed by atoms with Gasteiger partial charge in [-0.1, -0.05) is 52.0 Å². The normalized spacial score (nSPS) is 33.0. The Labute approximate surface area is 264 Å². The molecule has 1 amide bonds. The lowest BCUT2D eigenvalue weighted by Crippen LogP contribution is -2.46. The number of carbonyl (C=O) groups excluding carboxylic acids is 2. The highest BCUT2D eigenvalue weighted by Crippen LogP contribution is 2.36. The second-order valence-corrected chi connectivity index (χ2v) is 12.9. The van der Waals surface area contributed by atoms with Crippen LogP contribution in [-0.2, 0) is 23.7 Å². The number of allylic oxidation sites excluding steroid dienone is 3. The van der Waals surface area contributed by atoms with Crippen LogP contribution >= 0.6 is 0 Å². The van der Waals surface area contributed by atoms with Crippen molar-refractivity contribution in [1.29, 1.82) is 0 Å². The van der Waals surface area contributed by atoms with Gasteiger partial charge >= 0.3 is 12.1 Å². The number of epoxide rings is 1. The molecule has 0 radical (unpaired) electrons. The maximum absolute atomic E-state index is 12.9. The summed E-state index contributed by atoms with van der Waals surface area (Å²) in [6, 6.07) is 0. The van der Waals surface area contributed by atoms with Crippen LogP contribution in [0.2, 0.25) is 0 Å². The molecule has 0 bridgehead atoms. The number of methoxy groups -OCH3 is 1. The predicted molar refractivity (Wildman–Crippen MR) is 171 cm³/mol. The lowest BCUT2D eigenvalue weighted by Gasteiger charge is -2.36. The van der Waals surface area contributed by atoms with Crippen molar-refractivity contribution in [2.75, 3.05) is 34.3 Å². The van der Waals surface area contributed by atoms with Gasteiger partial charge in [0.1, 0.15) is 11.7 Å². The zero-order valence-electron chi connectivity index (χ0n) is 28.3. The number of aliphatic hydroxyl groups is 2. The van der Waals surface area contributed by atoms with E-state index in [9.17, 15) is 19.8 Å². The zero-order chi connectivity index (χ0) is 33.0. The second-order valence-electron chi connectivity index (χ2n) is 12.9. The van der Waals surface area contributed by atoms with E-state index >= 15 is 0 Å². The van der Waals surface area contributed by atoms with Crippen LogP contribution in [0.25, 0.3) is 0 Å². The van der Waals surface area contributed by atoms with Crippen LogP contribution in [0.3, 0.4) is 0 Å². The Kier molecular flexibility index (Phi) is 15.6. The van der Waals surface area contributed by atoms with E-state index in [-0.39, 0.29) is 48.9 Å². The Morgan fingerprint density at radius 1 is 1.32 bits per heavy atom. The Morgan fingerprint density at radius 2 is 2.02 bits per heavy atom. The average Bonchev–Trinajstić information content (AvgIpc) is 3.76. The molecule has 0 aromatic heterocycles. The number of aliphatic hydroxyl groups excluding tert-OH is 2. The minimum absolute atomic E-state index is 0.105. The van der Waals surface area contributed by atoms with Crippen molar-refractivity contribution in [1.82, 2.24) is 10.2 Å². The molecule has 2 heterocycles. The molecular weight excluding hydrogens is 564 g/mol. The van der Waals surface area contributed by atoms with E-state index in [1.54, 1.807) is 20.2 Å². The highest BCUT2D eigenvalue weighted by atomic mass is 16.6. The quantitative estimate of drug-likeness (QED) is 0.118. The monoisotopic (exact) mass is 622 g/mol. The Balaban J connectivity index is 2.21. The highest BCUT2D eigenvalue weighted by Gasteiger charge is 2.45. The van der Waals surface area contributed by atoms with Crippen LogP contribution in [-0.4, -0.2) is 104 Å². The zero-order valence-corrected chi connectivity index (χ0v) is 28.3. The molecule has 10 heteroatoms. The molecule has 0 spiro atoms. The molecule has 252 valence electrons. The number of amides is 1. The smallest absolute Gasteiger partial charge is 0.410 e. The summed E-state index contributed by atoms with van der Waals surface area (Å²) in [6.45, 7) is 13.0. The van der Waals surface area contributed by atoms with Gasteiger partial charge < -0.3 is 39.4 Å². The van der Waals surface area contributed by atoms with Gasteiger partial charge in [0.2, 0.25) is 0 Å². The topological polar surface area (TPSA) is 130 Å². The molecule has 1 saturated heterocycles. The summed E-state index contributed by atoms with van der Waals surface area (Å²) in [7, 11) is 5.06. The fourth-order valence-electron chi connectivity index (χ4n) is 5.56. The predicted octanol–water partition coefficient (Wildman–Crippen LogP) is 4.40. The third-order valence-electron chi connectivity index (χ3n) is 9.02. The first-order valence-electron chi connectivity index (χ1n) is 16.1. The van der Waals surface area contributed by atoms with E-state index in [1.165, 1.54) is 4.90 Å². The number of ether oxygens (including phenoxy) is 4. The third kappa shape index (κ3) is 11.6. The summed E-state index contributed by atoms with van der Waals surface area (Å²) >= 11 is 0. The lowest BCUT2D eigenvalue weighted by atomic mass is 9.88. The molecule has 2 rings (SSSR count). The van der Waals surface area contributed by atoms with Crippen molar-refractivity contribution in [3.63, 3.8) is 0 Å². The van der Waals surface area contributed by atoms with Crippen LogP contribution in [0.1, 0.15) is 73.6 Å². The highest BCUT2D eigenvalue weighted by molar-refractivity contribution is 5.70. The van der Waals surface area contributed by atoms with Gasteiger partial charge in [-0.25, -0.2) is 4.79 Å². The molecule has 0 aromatic rings. The van der Waals surface area contributed by atoms with Crippen LogP contribution in [0.15, 0.2) is 36.0 Å². The number of rotatable bonds is 13. The van der Waals surface area contributed by atoms with Crippen LogP contribution in [0.5, 0.6) is 0 Å². The average molecular weight is 623 g/mol. The Morgan fingerprint density at radius 3 is 2.66 bits per heavy atom. The summed E-state index contributed by atoms with van der Waals surface area (Å²) in [4.78, 5) is 27.3. The standard InChI is InChI=1S/C34H58N2O8/c1-10-27(38)25(5)32-28(42-32)20-22(2)12-11-13-23(3)31-24(4)14-15-29(43-33(40)36(8)19-18-35-7)34(6,41-9)17-16-26(37)21-30(39)44-31/h11-15,22,24-29,31-32,35,37-38H,10,16-21H2,1-9H3/b12-11+,15-14+,23-13+/t22-,24+,25-,26-,27+,28-,29+,31-,32-,34-/m1/s1. The molecule has 2 aliphatic heterocycles. The minimum Gasteiger partial charge on any atom is -0.457 e. The Bertz CT molecular complexity index is 1000. The van der Waals surface area contributed by atoms with Gasteiger partial charge in [0.15, 0.2) is 6.10 Å². The van der Waals surface area contributed by atoms with E-state index < -0.39 is 36.0 Å². The third-order valence-corrected chi connectivity index (χ3v) is 9.02. The first-order chi connectivity index (χ1) is 20.8. The first kappa shape index (κ1) is 37.9. The first-order valence-corrected chi connectivity index (χ1v) is 16.1. The molecule has 10 nitrogen and oxygen atoms in total. The SMILES string of the molecule is CC[C@H](O)[C@@H](C)[C@H]1O[C@@H]1C[C@H](C)/C=C/C=C(\C)[C@H]1OC(=O)C[C@H](O)CC[C@@](C)(OC)[C@@H](OC(=O)N(C)CCNC)/C=C/[C@@H]1C. The minimum atomic E-state index is -0.925. The maximum atomic E-state index is 12.9. The number of cyclic esters (lactones) is 1. The summed E-state index contributed by atoms with van der Waals surface area (Å²) in [5.41, 5.74) is -0.0731. The molecule has 0 aliphatic carbocycles. The van der Waals surface area contributed by atoms with Crippen molar-refractivity contribution in [2.24, 2.45) is 17.8 Å². The fraction of sp³-hybridized carbons (Fsp3) is 0.765. The molecule has 1 fully saturated rings. The van der Waals surface area contributed by atoms with Gasteiger partial charge in [-0.05, 0) is 64.1 Å². The summed E-state index contributed by atoms with van der Waals surface area (Å²) in [6.07, 6.45) is 9.02. The van der Waals surface area contributed by atoms with Gasteiger partial charge in [0.05, 0.1) is 30.8 Å². The molecule has 0 aromatic carbocycles. The van der Waals surface area contributed by atoms with Crippen molar-refractivity contribution >= 4 is 12.1 Å². The van der Waals surface area contributed by atoms with Gasteiger partial charge in [-0.2, -0.15) is 0 Å². The lowest BCUT2D eigenvalue weighted by molar-refractivity contribution is -0.151. The van der Waals surface area contributed by atoms with Crippen LogP contribution in [0.4, 0.5) is 4.79 Å². The molecule has 10 atom stereocenters. The van der Waals surface area contributed by atoms with Crippen molar-refractivity contribution in [3.05, 3.63) is 36.0 Å². The summed E-state index contributed by atoms with van der Waals surface area (Å²) in [5.74, 6) is -0.341. The van der Waals surface area contributed by atoms with Gasteiger partial charge in [0, 0.05) is 39.1 Å². The number of esters is 1. The molecule has 0 unspecified atom stereocenters. The summed E-state index contributed by atoms with van der Waals surface area (Å²) < 4.78 is 23.5. The van der Waals surface area contributed by atoms with Crippen LogP contribution < -0.4 is 5.32 Å². The molecule has 2 aliphatic rings. The van der Waals surface area contributed by atoms with Crippen molar-refractivity contribution < 1.29 is 38.7 Å². The Hall–Kier alpha value is -2.24. The van der Waals surface area contributed by atoms with E-state index in [2.05, 4.69) is 18.3 Å². The van der Waals surface area contributed by atoms with Crippen molar-refractivity contribution in [2.45, 2.75) is 116 Å². The van der Waals surface area contributed by atoms with Crippen LogP contribution in [0, 0.1) is 17.8 Å². The number of hydrogen-bond acceptors (Lipinski definition) is 9. The summed E-state index contributed by atoms with van der Waals surface area (Å²) in [5, 5.41) is 23.8. The van der Waals surface area contributed by atoms with E-state index in [0.29, 0.717) is 19.5 Å². The van der Waals surface area contributed by atoms with Gasteiger partial charge in [0.25, 0.3) is 0 Å². The number of nitrogens with zero attached hydrogens (tertiary/aromatic N) is 1. The molecule has 3 N–H and O–H groups in total. The number of likely N-dealkylation sites (N-methyl/N-ethyl adjacent to an activating group) is 2. The molecule has 0 saturated carbocycles. The number of hydrogen-bond donors (Lipinski definition) is 3. The van der Waals surface area contributed by atoms with Crippen molar-refractivity contribution in [3.8, 4) is 0 Å². The van der Waals surface area contributed by atoms with E-state index in [1.807, 2.05) is 59.9 Å². The number of carbonyl (C=O) groups is 2. The second kappa shape index (κ2) is 18.0.